The van der Waals surface area contributed by atoms with Crippen molar-refractivity contribution >= 4 is 29.3 Å². The van der Waals surface area contributed by atoms with Crippen LogP contribution >= 0.6 is 11.6 Å². The summed E-state index contributed by atoms with van der Waals surface area (Å²) in [6.45, 7) is 7.70. The highest BCUT2D eigenvalue weighted by molar-refractivity contribution is 6.31. The first kappa shape index (κ1) is 21.1. The number of halogens is 1. The maximum absolute atomic E-state index is 12.5. The number of nitrogens with one attached hydrogen (secondary N) is 1. The number of rotatable bonds is 7. The molecule has 5 nitrogen and oxygen atoms in total. The van der Waals surface area contributed by atoms with Gasteiger partial charge in [0.2, 0.25) is 0 Å². The van der Waals surface area contributed by atoms with Crippen LogP contribution in [0.3, 0.4) is 0 Å². The topological polar surface area (TPSA) is 82.4 Å². The van der Waals surface area contributed by atoms with E-state index in [1.54, 1.807) is 43.3 Å². The van der Waals surface area contributed by atoms with Crippen LogP contribution in [0.15, 0.2) is 48.6 Å². The van der Waals surface area contributed by atoms with Gasteiger partial charge in [0, 0.05) is 16.3 Å². The summed E-state index contributed by atoms with van der Waals surface area (Å²) in [7, 11) is 0. The molecule has 0 unspecified atom stereocenters. The van der Waals surface area contributed by atoms with Gasteiger partial charge in [0.05, 0.1) is 6.61 Å². The predicted molar refractivity (Wildman–Crippen MR) is 112 cm³/mol. The largest absolute Gasteiger partial charge is 0.504 e. The molecular formula is C22H21ClN2O3. The lowest BCUT2D eigenvalue weighted by Crippen LogP contribution is -2.13. The Morgan fingerprint density at radius 3 is 2.75 bits per heavy atom. The average Bonchev–Trinajstić information content (AvgIpc) is 2.66. The molecule has 28 heavy (non-hydrogen) atoms. The number of nitriles is 1. The Hall–Kier alpha value is -3.23. The lowest BCUT2D eigenvalue weighted by molar-refractivity contribution is -0.112. The van der Waals surface area contributed by atoms with Gasteiger partial charge in [-0.05, 0) is 61.7 Å². The Kier molecular flexibility index (Phi) is 7.25. The molecule has 0 saturated carbocycles. The summed E-state index contributed by atoms with van der Waals surface area (Å²) in [6, 6.07) is 10.3. The van der Waals surface area contributed by atoms with Gasteiger partial charge in [-0.2, -0.15) is 5.26 Å². The quantitative estimate of drug-likeness (QED) is 0.390. The molecule has 1 amide bonds. The van der Waals surface area contributed by atoms with Gasteiger partial charge in [-0.1, -0.05) is 23.7 Å². The molecule has 2 aromatic rings. The van der Waals surface area contributed by atoms with Crippen molar-refractivity contribution in [1.29, 1.82) is 5.26 Å². The van der Waals surface area contributed by atoms with E-state index in [0.29, 0.717) is 34.9 Å². The highest BCUT2D eigenvalue weighted by atomic mass is 35.5. The van der Waals surface area contributed by atoms with Gasteiger partial charge >= 0.3 is 0 Å². The van der Waals surface area contributed by atoms with Crippen LogP contribution < -0.4 is 10.1 Å². The van der Waals surface area contributed by atoms with E-state index in [2.05, 4.69) is 11.9 Å². The number of ether oxygens (including phenoxy) is 1. The number of phenols is 1. The Morgan fingerprint density at radius 2 is 2.14 bits per heavy atom. The van der Waals surface area contributed by atoms with Crippen LogP contribution in [0.25, 0.3) is 6.08 Å². The number of nitrogens with zero attached hydrogens (tertiary/aromatic N) is 1. The molecule has 6 heteroatoms. The van der Waals surface area contributed by atoms with E-state index in [0.717, 1.165) is 5.56 Å². The van der Waals surface area contributed by atoms with E-state index in [1.165, 1.54) is 6.08 Å². The minimum absolute atomic E-state index is 0.0242. The van der Waals surface area contributed by atoms with E-state index in [9.17, 15) is 15.2 Å². The Balaban J connectivity index is 2.36. The maximum atomic E-state index is 12.5. The molecular weight excluding hydrogens is 376 g/mol. The van der Waals surface area contributed by atoms with Crippen molar-refractivity contribution in [2.75, 3.05) is 11.9 Å². The SMILES string of the molecule is C=CCc1cc(/C=C(/C#N)C(=O)Nc2ccc(C)c(Cl)c2)cc(OCC)c1O. The summed E-state index contributed by atoms with van der Waals surface area (Å²) in [5, 5.41) is 22.9. The molecule has 2 N–H and O–H groups in total. The average molecular weight is 397 g/mol. The van der Waals surface area contributed by atoms with Crippen LogP contribution in [-0.2, 0) is 11.2 Å². The second-order valence-electron chi connectivity index (χ2n) is 6.04. The van der Waals surface area contributed by atoms with E-state index >= 15 is 0 Å². The summed E-state index contributed by atoms with van der Waals surface area (Å²) >= 11 is 6.07. The molecule has 2 aromatic carbocycles. The summed E-state index contributed by atoms with van der Waals surface area (Å²) in [5.41, 5.74) is 2.45. The van der Waals surface area contributed by atoms with Crippen LogP contribution in [0.5, 0.6) is 11.5 Å². The van der Waals surface area contributed by atoms with Crippen LogP contribution in [0.4, 0.5) is 5.69 Å². The smallest absolute Gasteiger partial charge is 0.266 e. The van der Waals surface area contributed by atoms with Gasteiger partial charge in [-0.15, -0.1) is 6.58 Å². The van der Waals surface area contributed by atoms with Crippen molar-refractivity contribution in [1.82, 2.24) is 0 Å². The molecule has 0 fully saturated rings. The number of aromatic hydroxyl groups is 1. The summed E-state index contributed by atoms with van der Waals surface area (Å²) in [5.74, 6) is -0.244. The van der Waals surface area contributed by atoms with Crippen LogP contribution in [0, 0.1) is 18.3 Å². The van der Waals surface area contributed by atoms with Crippen molar-refractivity contribution in [2.24, 2.45) is 0 Å². The summed E-state index contributed by atoms with van der Waals surface area (Å²) in [4.78, 5) is 12.5. The fourth-order valence-corrected chi connectivity index (χ4v) is 2.71. The fraction of sp³-hybridized carbons (Fsp3) is 0.182. The highest BCUT2D eigenvalue weighted by Crippen LogP contribution is 2.33. The first-order chi connectivity index (χ1) is 13.4. The van der Waals surface area contributed by atoms with Gasteiger partial charge < -0.3 is 15.2 Å². The zero-order chi connectivity index (χ0) is 20.7. The van der Waals surface area contributed by atoms with Crippen LogP contribution in [0.2, 0.25) is 5.02 Å². The lowest BCUT2D eigenvalue weighted by atomic mass is 10.0. The number of carbonyl (C=O) groups excluding carboxylic acids is 1. The Bertz CT molecular complexity index is 974. The molecule has 2 rings (SSSR count). The standard InChI is InChI=1S/C22H21ClN2O3/c1-4-6-16-9-15(11-20(21(16)26)28-5-2)10-17(13-24)22(27)25-18-8-7-14(3)19(23)12-18/h4,7-12,26H,1,5-6H2,2-3H3,(H,25,27)/b17-10-. The van der Waals surface area contributed by atoms with Gasteiger partial charge in [0.15, 0.2) is 11.5 Å². The zero-order valence-corrected chi connectivity index (χ0v) is 16.5. The van der Waals surface area contributed by atoms with E-state index in [1.807, 2.05) is 13.0 Å². The first-order valence-electron chi connectivity index (χ1n) is 8.68. The number of aryl methyl sites for hydroxylation is 1. The first-order valence-corrected chi connectivity index (χ1v) is 9.06. The normalized spacial score (nSPS) is 10.9. The predicted octanol–water partition coefficient (Wildman–Crippen LogP) is 5.03. The van der Waals surface area contributed by atoms with E-state index < -0.39 is 5.91 Å². The maximum Gasteiger partial charge on any atom is 0.266 e. The molecule has 0 aliphatic rings. The van der Waals surface area contributed by atoms with Gasteiger partial charge in [0.1, 0.15) is 11.6 Å². The summed E-state index contributed by atoms with van der Waals surface area (Å²) < 4.78 is 5.45. The molecule has 0 spiro atoms. The number of benzene rings is 2. The number of carbonyl (C=O) groups is 1. The molecule has 0 aliphatic heterocycles. The van der Waals surface area contributed by atoms with Crippen molar-refractivity contribution in [3.63, 3.8) is 0 Å². The molecule has 0 bridgehead atoms. The number of allylic oxidation sites excluding steroid dienone is 1. The molecule has 144 valence electrons. The lowest BCUT2D eigenvalue weighted by Gasteiger charge is -2.11. The van der Waals surface area contributed by atoms with Crippen molar-refractivity contribution < 1.29 is 14.6 Å². The third kappa shape index (κ3) is 5.15. The van der Waals surface area contributed by atoms with Gasteiger partial charge in [0.25, 0.3) is 5.91 Å². The second kappa shape index (κ2) is 9.63. The minimum atomic E-state index is -0.557. The minimum Gasteiger partial charge on any atom is -0.504 e. The van der Waals surface area contributed by atoms with Crippen molar-refractivity contribution in [2.45, 2.75) is 20.3 Å². The monoisotopic (exact) mass is 396 g/mol. The number of phenolic OH excluding ortho intramolecular Hbond substituents is 1. The molecule has 0 radical (unpaired) electrons. The molecule has 0 heterocycles. The molecule has 0 aromatic heterocycles. The van der Waals surface area contributed by atoms with Crippen LogP contribution in [-0.4, -0.2) is 17.6 Å². The van der Waals surface area contributed by atoms with E-state index in [4.69, 9.17) is 16.3 Å². The van der Waals surface area contributed by atoms with Gasteiger partial charge in [-0.3, -0.25) is 4.79 Å². The number of hydrogen-bond donors (Lipinski definition) is 2. The highest BCUT2D eigenvalue weighted by Gasteiger charge is 2.13. The van der Waals surface area contributed by atoms with Crippen molar-refractivity contribution in [3.8, 4) is 17.6 Å². The third-order valence-electron chi connectivity index (χ3n) is 3.95. The number of amides is 1. The number of hydrogen-bond acceptors (Lipinski definition) is 4. The number of anilines is 1. The Morgan fingerprint density at radius 1 is 1.39 bits per heavy atom. The summed E-state index contributed by atoms with van der Waals surface area (Å²) in [6.07, 6.45) is 3.51. The molecule has 0 atom stereocenters. The third-order valence-corrected chi connectivity index (χ3v) is 4.35. The van der Waals surface area contributed by atoms with Gasteiger partial charge in [-0.25, -0.2) is 0 Å². The fourth-order valence-electron chi connectivity index (χ4n) is 2.53. The molecule has 0 saturated heterocycles. The van der Waals surface area contributed by atoms with E-state index in [-0.39, 0.29) is 17.1 Å². The Labute approximate surface area is 169 Å². The molecule has 0 aliphatic carbocycles. The second-order valence-corrected chi connectivity index (χ2v) is 6.45. The van der Waals surface area contributed by atoms with Crippen LogP contribution in [0.1, 0.15) is 23.6 Å². The van der Waals surface area contributed by atoms with Crippen molar-refractivity contribution in [3.05, 3.63) is 70.3 Å². The zero-order valence-electron chi connectivity index (χ0n) is 15.8.